The minimum absolute atomic E-state index is 0.0186. The number of nitrogens with one attached hydrogen (secondary N) is 1. The van der Waals surface area contributed by atoms with Crippen molar-refractivity contribution in [3.8, 4) is 5.75 Å². The van der Waals surface area contributed by atoms with Gasteiger partial charge in [-0.15, -0.1) is 5.10 Å². The molecule has 0 aliphatic carbocycles. The molecular formula is C18H20N6O2. The first kappa shape index (κ1) is 16.2. The number of H-pyrrole nitrogens is 1. The number of rotatable bonds is 4. The first-order chi connectivity index (χ1) is 12.7. The third-order valence-electron chi connectivity index (χ3n) is 4.51. The molecule has 1 saturated heterocycles. The zero-order valence-corrected chi connectivity index (χ0v) is 14.3. The number of nitrogen functional groups attached to an aromatic ring is 1. The van der Waals surface area contributed by atoms with E-state index in [1.807, 2.05) is 47.4 Å². The number of carbonyl (C=O) groups is 1. The first-order valence-electron chi connectivity index (χ1n) is 8.51. The van der Waals surface area contributed by atoms with Crippen LogP contribution in [-0.4, -0.2) is 58.8 Å². The third-order valence-corrected chi connectivity index (χ3v) is 4.51. The number of hydrogen-bond acceptors (Lipinski definition) is 6. The van der Waals surface area contributed by atoms with Crippen LogP contribution in [0.2, 0.25) is 0 Å². The highest BCUT2D eigenvalue weighted by molar-refractivity contribution is 5.84. The number of aromatic nitrogens is 3. The van der Waals surface area contributed by atoms with E-state index < -0.39 is 0 Å². The van der Waals surface area contributed by atoms with Gasteiger partial charge in [-0.25, -0.2) is 5.10 Å². The van der Waals surface area contributed by atoms with E-state index in [-0.39, 0.29) is 18.5 Å². The van der Waals surface area contributed by atoms with E-state index in [4.69, 9.17) is 10.5 Å². The molecule has 1 fully saturated rings. The van der Waals surface area contributed by atoms with Crippen LogP contribution in [0.3, 0.4) is 0 Å². The average molecular weight is 352 g/mol. The fourth-order valence-corrected chi connectivity index (χ4v) is 3.07. The zero-order chi connectivity index (χ0) is 17.9. The fourth-order valence-electron chi connectivity index (χ4n) is 3.07. The second kappa shape index (κ2) is 6.91. The molecule has 26 heavy (non-hydrogen) atoms. The Hall–Kier alpha value is -3.29. The number of ether oxygens (including phenoxy) is 1. The van der Waals surface area contributed by atoms with Gasteiger partial charge in [-0.1, -0.05) is 30.3 Å². The van der Waals surface area contributed by atoms with Crippen LogP contribution in [0.4, 0.5) is 11.9 Å². The number of benzene rings is 2. The van der Waals surface area contributed by atoms with E-state index in [0.717, 1.165) is 10.8 Å². The Morgan fingerprint density at radius 2 is 1.88 bits per heavy atom. The molecule has 134 valence electrons. The van der Waals surface area contributed by atoms with Crippen molar-refractivity contribution < 1.29 is 9.53 Å². The molecule has 2 aromatic carbocycles. The van der Waals surface area contributed by atoms with E-state index in [0.29, 0.717) is 37.9 Å². The number of carbonyl (C=O) groups excluding carboxylic acids is 1. The highest BCUT2D eigenvalue weighted by Gasteiger charge is 2.23. The van der Waals surface area contributed by atoms with Gasteiger partial charge in [0, 0.05) is 26.2 Å². The summed E-state index contributed by atoms with van der Waals surface area (Å²) in [6.45, 7) is 2.61. The average Bonchev–Trinajstić information content (AvgIpc) is 3.12. The van der Waals surface area contributed by atoms with E-state index in [1.54, 1.807) is 4.90 Å². The third kappa shape index (κ3) is 3.39. The maximum atomic E-state index is 12.4. The number of nitrogens with two attached hydrogens (primary N) is 1. The van der Waals surface area contributed by atoms with Crippen LogP contribution in [0.5, 0.6) is 5.75 Å². The van der Waals surface area contributed by atoms with Gasteiger partial charge in [0.05, 0.1) is 0 Å². The molecule has 0 spiro atoms. The molecular weight excluding hydrogens is 332 g/mol. The molecule has 0 radical (unpaired) electrons. The molecule has 0 bridgehead atoms. The van der Waals surface area contributed by atoms with Crippen LogP contribution in [0.25, 0.3) is 10.8 Å². The molecule has 0 unspecified atom stereocenters. The van der Waals surface area contributed by atoms with Crippen molar-refractivity contribution in [2.75, 3.05) is 43.4 Å². The second-order valence-electron chi connectivity index (χ2n) is 6.18. The summed E-state index contributed by atoms with van der Waals surface area (Å²) in [6.07, 6.45) is 0. The van der Waals surface area contributed by atoms with Crippen LogP contribution in [-0.2, 0) is 4.79 Å². The van der Waals surface area contributed by atoms with Crippen LogP contribution in [0, 0.1) is 0 Å². The summed E-state index contributed by atoms with van der Waals surface area (Å²) in [7, 11) is 0. The molecule has 8 heteroatoms. The van der Waals surface area contributed by atoms with Gasteiger partial charge < -0.3 is 20.3 Å². The summed E-state index contributed by atoms with van der Waals surface area (Å²) in [5, 5.41) is 8.87. The minimum Gasteiger partial charge on any atom is -0.484 e. The van der Waals surface area contributed by atoms with Gasteiger partial charge in [-0.05, 0) is 22.9 Å². The zero-order valence-electron chi connectivity index (χ0n) is 14.3. The number of piperazine rings is 1. The monoisotopic (exact) mass is 352 g/mol. The minimum atomic E-state index is -0.0186. The van der Waals surface area contributed by atoms with Gasteiger partial charge in [-0.3, -0.25) is 4.79 Å². The van der Waals surface area contributed by atoms with Crippen molar-refractivity contribution in [3.05, 3.63) is 42.5 Å². The molecule has 3 N–H and O–H groups in total. The number of hydrogen-bond donors (Lipinski definition) is 2. The Morgan fingerprint density at radius 3 is 2.62 bits per heavy atom. The SMILES string of the molecule is Nc1n[nH]c(N2CCN(C(=O)COc3ccc4ccccc4c3)CC2)n1. The van der Waals surface area contributed by atoms with Gasteiger partial charge in [0.2, 0.25) is 11.9 Å². The van der Waals surface area contributed by atoms with Gasteiger partial charge in [0.1, 0.15) is 5.75 Å². The van der Waals surface area contributed by atoms with E-state index in [1.165, 1.54) is 0 Å². The topological polar surface area (TPSA) is 100 Å². The maximum absolute atomic E-state index is 12.4. The molecule has 1 aromatic heterocycles. The molecule has 4 rings (SSSR count). The Labute approximate surface area is 150 Å². The fraction of sp³-hybridized carbons (Fsp3) is 0.278. The van der Waals surface area contributed by atoms with E-state index in [9.17, 15) is 4.79 Å². The van der Waals surface area contributed by atoms with Crippen LogP contribution >= 0.6 is 0 Å². The molecule has 8 nitrogen and oxygen atoms in total. The van der Waals surface area contributed by atoms with Crippen molar-refractivity contribution in [1.29, 1.82) is 0 Å². The standard InChI is InChI=1S/C18H20N6O2/c19-17-20-18(22-21-17)24-9-7-23(8-10-24)16(25)12-26-15-6-5-13-3-1-2-4-14(13)11-15/h1-6,11H,7-10,12H2,(H3,19,20,21,22). The molecule has 0 atom stereocenters. The lowest BCUT2D eigenvalue weighted by Gasteiger charge is -2.34. The van der Waals surface area contributed by atoms with Crippen molar-refractivity contribution in [2.24, 2.45) is 0 Å². The van der Waals surface area contributed by atoms with E-state index >= 15 is 0 Å². The normalized spacial score (nSPS) is 14.6. The summed E-state index contributed by atoms with van der Waals surface area (Å²) in [5.41, 5.74) is 5.53. The highest BCUT2D eigenvalue weighted by atomic mass is 16.5. The quantitative estimate of drug-likeness (QED) is 0.733. The van der Waals surface area contributed by atoms with E-state index in [2.05, 4.69) is 15.2 Å². The lowest BCUT2D eigenvalue weighted by atomic mass is 10.1. The lowest BCUT2D eigenvalue weighted by molar-refractivity contribution is -0.133. The molecule has 1 amide bonds. The smallest absolute Gasteiger partial charge is 0.260 e. The Kier molecular flexibility index (Phi) is 4.30. The molecule has 3 aromatic rings. The van der Waals surface area contributed by atoms with Crippen LogP contribution in [0.15, 0.2) is 42.5 Å². The summed E-state index contributed by atoms with van der Waals surface area (Å²) in [5.74, 6) is 1.55. The number of aromatic amines is 1. The second-order valence-corrected chi connectivity index (χ2v) is 6.18. The number of amides is 1. The van der Waals surface area contributed by atoms with Gasteiger partial charge in [0.25, 0.3) is 5.91 Å². The van der Waals surface area contributed by atoms with Crippen molar-refractivity contribution in [2.45, 2.75) is 0 Å². The summed E-state index contributed by atoms with van der Waals surface area (Å²) in [6, 6.07) is 13.9. The van der Waals surface area contributed by atoms with Crippen LogP contribution in [0.1, 0.15) is 0 Å². The van der Waals surface area contributed by atoms with Crippen LogP contribution < -0.4 is 15.4 Å². The Balaban J connectivity index is 1.31. The largest absolute Gasteiger partial charge is 0.484 e. The summed E-state index contributed by atoms with van der Waals surface area (Å²) < 4.78 is 5.69. The highest BCUT2D eigenvalue weighted by Crippen LogP contribution is 2.20. The number of fused-ring (bicyclic) bond motifs is 1. The van der Waals surface area contributed by atoms with Crippen molar-refractivity contribution >= 4 is 28.6 Å². The van der Waals surface area contributed by atoms with Gasteiger partial charge >= 0.3 is 0 Å². The van der Waals surface area contributed by atoms with Crippen molar-refractivity contribution in [3.63, 3.8) is 0 Å². The van der Waals surface area contributed by atoms with Crippen molar-refractivity contribution in [1.82, 2.24) is 20.1 Å². The predicted octanol–water partition coefficient (Wildman–Crippen LogP) is 1.27. The Morgan fingerprint density at radius 1 is 1.12 bits per heavy atom. The Bertz CT molecular complexity index is 917. The van der Waals surface area contributed by atoms with Gasteiger partial charge in [0.15, 0.2) is 6.61 Å². The molecule has 0 saturated carbocycles. The lowest BCUT2D eigenvalue weighted by Crippen LogP contribution is -2.50. The molecule has 2 heterocycles. The summed E-state index contributed by atoms with van der Waals surface area (Å²) in [4.78, 5) is 20.4. The summed E-state index contributed by atoms with van der Waals surface area (Å²) >= 11 is 0. The van der Waals surface area contributed by atoms with Gasteiger partial charge in [-0.2, -0.15) is 4.98 Å². The molecule has 1 aliphatic heterocycles. The molecule has 1 aliphatic rings. The predicted molar refractivity (Wildman–Crippen MR) is 99.0 cm³/mol. The number of nitrogens with zero attached hydrogens (tertiary/aromatic N) is 4. The first-order valence-corrected chi connectivity index (χ1v) is 8.51. The maximum Gasteiger partial charge on any atom is 0.260 e. The number of anilines is 2.